The van der Waals surface area contributed by atoms with Crippen molar-refractivity contribution in [2.24, 2.45) is 0 Å². The molecule has 4 heterocycles. The van der Waals surface area contributed by atoms with Crippen LogP contribution in [-0.4, -0.2) is 43.6 Å². The Labute approximate surface area is 158 Å². The first-order chi connectivity index (χ1) is 13.6. The second-order valence-electron chi connectivity index (χ2n) is 6.67. The van der Waals surface area contributed by atoms with E-state index in [0.29, 0.717) is 24.9 Å². The van der Waals surface area contributed by atoms with Crippen molar-refractivity contribution in [3.05, 3.63) is 57.6 Å². The first-order valence-electron chi connectivity index (χ1n) is 9.03. The average Bonchev–Trinajstić information content (AvgIpc) is 3.39. The molecular weight excluding hydrogens is 366 g/mol. The molecule has 0 bridgehead atoms. The van der Waals surface area contributed by atoms with E-state index >= 15 is 0 Å². The highest BCUT2D eigenvalue weighted by molar-refractivity contribution is 5.76. The molecule has 1 aliphatic heterocycles. The van der Waals surface area contributed by atoms with Gasteiger partial charge in [-0.15, -0.1) is 10.2 Å². The van der Waals surface area contributed by atoms with Crippen LogP contribution >= 0.6 is 0 Å². The van der Waals surface area contributed by atoms with Gasteiger partial charge in [0.05, 0.1) is 11.8 Å². The van der Waals surface area contributed by atoms with E-state index in [2.05, 4.69) is 15.2 Å². The summed E-state index contributed by atoms with van der Waals surface area (Å²) in [5, 5.41) is 8.18. The van der Waals surface area contributed by atoms with Crippen molar-refractivity contribution in [3.8, 4) is 11.5 Å². The maximum atomic E-state index is 12.4. The molecule has 10 nitrogen and oxygen atoms in total. The highest BCUT2D eigenvalue weighted by atomic mass is 16.4. The zero-order chi connectivity index (χ0) is 19.5. The van der Waals surface area contributed by atoms with E-state index < -0.39 is 11.2 Å². The minimum atomic E-state index is -0.510. The molecule has 3 aromatic heterocycles. The zero-order valence-corrected chi connectivity index (χ0v) is 15.0. The Morgan fingerprint density at radius 2 is 2.04 bits per heavy atom. The summed E-state index contributed by atoms with van der Waals surface area (Å²) >= 11 is 0. The summed E-state index contributed by atoms with van der Waals surface area (Å²) < 4.78 is 12.1. The van der Waals surface area contributed by atoms with Gasteiger partial charge in [-0.3, -0.25) is 14.6 Å². The Hall–Kier alpha value is -3.43. The van der Waals surface area contributed by atoms with Crippen LogP contribution in [0.25, 0.3) is 11.5 Å². The number of likely N-dealkylation sites (tertiary alicyclic amines) is 1. The van der Waals surface area contributed by atoms with Crippen LogP contribution in [0.5, 0.6) is 0 Å². The van der Waals surface area contributed by atoms with Gasteiger partial charge in [-0.25, -0.2) is 4.79 Å². The third-order valence-corrected chi connectivity index (χ3v) is 4.87. The van der Waals surface area contributed by atoms with Crippen LogP contribution in [0.3, 0.4) is 0 Å². The van der Waals surface area contributed by atoms with Crippen LogP contribution in [-0.2, 0) is 11.3 Å². The molecule has 1 N–H and O–H groups in total. The van der Waals surface area contributed by atoms with Gasteiger partial charge in [-0.1, -0.05) is 0 Å². The van der Waals surface area contributed by atoms with Crippen molar-refractivity contribution >= 4 is 5.91 Å². The summed E-state index contributed by atoms with van der Waals surface area (Å²) in [6.07, 6.45) is 6.15. The van der Waals surface area contributed by atoms with Gasteiger partial charge in [0, 0.05) is 44.2 Å². The minimum Gasteiger partial charge on any atom is -0.472 e. The molecule has 146 valence electrons. The largest absolute Gasteiger partial charge is 0.472 e. The topological polar surface area (TPSA) is 127 Å². The number of piperidine rings is 1. The Balaban J connectivity index is 1.30. The summed E-state index contributed by atoms with van der Waals surface area (Å²) in [4.78, 5) is 39.1. The Morgan fingerprint density at radius 1 is 1.21 bits per heavy atom. The number of hydrogen-bond acceptors (Lipinski definition) is 7. The summed E-state index contributed by atoms with van der Waals surface area (Å²) in [6.45, 7) is 1.41. The molecule has 1 amide bonds. The first kappa shape index (κ1) is 18.0. The van der Waals surface area contributed by atoms with Crippen molar-refractivity contribution in [1.29, 1.82) is 0 Å². The van der Waals surface area contributed by atoms with Crippen molar-refractivity contribution < 1.29 is 13.6 Å². The summed E-state index contributed by atoms with van der Waals surface area (Å²) in [5.41, 5.74) is -0.223. The van der Waals surface area contributed by atoms with E-state index in [1.807, 2.05) is 0 Å². The van der Waals surface area contributed by atoms with E-state index in [1.54, 1.807) is 23.5 Å². The van der Waals surface area contributed by atoms with E-state index in [4.69, 9.17) is 8.83 Å². The Kier molecular flexibility index (Phi) is 4.92. The fourth-order valence-corrected chi connectivity index (χ4v) is 3.27. The average molecular weight is 385 g/mol. The number of aromatic amines is 1. The van der Waals surface area contributed by atoms with Crippen LogP contribution in [0.4, 0.5) is 0 Å². The third-order valence-electron chi connectivity index (χ3n) is 4.87. The first-order valence-corrected chi connectivity index (χ1v) is 9.03. The molecule has 1 fully saturated rings. The van der Waals surface area contributed by atoms with Crippen molar-refractivity contribution in [3.63, 3.8) is 0 Å². The lowest BCUT2D eigenvalue weighted by Gasteiger charge is -2.30. The number of hydrogen-bond donors (Lipinski definition) is 1. The summed E-state index contributed by atoms with van der Waals surface area (Å²) in [5.74, 6) is 1.08. The number of H-pyrrole nitrogens is 1. The summed E-state index contributed by atoms with van der Waals surface area (Å²) in [7, 11) is 0. The van der Waals surface area contributed by atoms with E-state index in [-0.39, 0.29) is 24.8 Å². The monoisotopic (exact) mass is 385 g/mol. The maximum absolute atomic E-state index is 12.4. The molecular formula is C18H19N5O5. The number of aromatic nitrogens is 4. The molecule has 0 unspecified atom stereocenters. The van der Waals surface area contributed by atoms with Crippen LogP contribution in [0, 0.1) is 0 Å². The second-order valence-corrected chi connectivity index (χ2v) is 6.67. The van der Waals surface area contributed by atoms with Gasteiger partial charge in [0.2, 0.25) is 11.8 Å². The maximum Gasteiger partial charge on any atom is 0.328 e. The van der Waals surface area contributed by atoms with Crippen molar-refractivity contribution in [2.75, 3.05) is 13.1 Å². The Bertz CT molecular complexity index is 1060. The van der Waals surface area contributed by atoms with Crippen molar-refractivity contribution in [1.82, 2.24) is 24.6 Å². The molecule has 1 saturated heterocycles. The molecule has 0 atom stereocenters. The van der Waals surface area contributed by atoms with Crippen LogP contribution in [0.15, 0.2) is 49.3 Å². The number of carbonyl (C=O) groups is 1. The molecule has 4 rings (SSSR count). The van der Waals surface area contributed by atoms with Gasteiger partial charge < -0.3 is 18.3 Å². The van der Waals surface area contributed by atoms with Crippen molar-refractivity contribution in [2.45, 2.75) is 31.7 Å². The molecule has 0 saturated carbocycles. The predicted molar refractivity (Wildman–Crippen MR) is 96.5 cm³/mol. The molecule has 0 radical (unpaired) electrons. The standard InChI is InChI=1S/C18H19N5O5/c24-14-3-8-23(18(26)19-14)9-4-15(25)22-6-1-12(2-7-22)16-20-21-17(28-16)13-5-10-27-11-13/h3,5,8,10-12H,1-2,4,6-7,9H2,(H,19,24,26). The summed E-state index contributed by atoms with van der Waals surface area (Å²) in [6, 6.07) is 3.02. The lowest BCUT2D eigenvalue weighted by molar-refractivity contribution is -0.132. The smallest absolute Gasteiger partial charge is 0.328 e. The lowest BCUT2D eigenvalue weighted by Crippen LogP contribution is -2.39. The highest BCUT2D eigenvalue weighted by Crippen LogP contribution is 2.29. The van der Waals surface area contributed by atoms with E-state index in [0.717, 1.165) is 18.4 Å². The fraction of sp³-hybridized carbons (Fsp3) is 0.389. The Morgan fingerprint density at radius 3 is 2.75 bits per heavy atom. The SMILES string of the molecule is O=C(CCn1ccc(=O)[nH]c1=O)N1CCC(c2nnc(-c3ccoc3)o2)CC1. The normalized spacial score (nSPS) is 15.1. The number of aryl methyl sites for hydroxylation is 1. The molecule has 0 aromatic carbocycles. The third kappa shape index (κ3) is 3.80. The molecule has 0 aliphatic carbocycles. The van der Waals surface area contributed by atoms with E-state index in [9.17, 15) is 14.4 Å². The quantitative estimate of drug-likeness (QED) is 0.693. The fourth-order valence-electron chi connectivity index (χ4n) is 3.27. The molecule has 3 aromatic rings. The molecule has 10 heteroatoms. The lowest BCUT2D eigenvalue weighted by atomic mass is 9.96. The number of carbonyl (C=O) groups excluding carboxylic acids is 1. The predicted octanol–water partition coefficient (Wildman–Crippen LogP) is 0.976. The number of rotatable bonds is 5. The molecule has 1 aliphatic rings. The minimum absolute atomic E-state index is 0.0267. The number of nitrogens with zero attached hydrogens (tertiary/aromatic N) is 4. The van der Waals surface area contributed by atoms with Gasteiger partial charge in [0.15, 0.2) is 0 Å². The number of amides is 1. The molecule has 0 spiro atoms. The van der Waals surface area contributed by atoms with Gasteiger partial charge in [-0.05, 0) is 18.9 Å². The number of nitrogens with one attached hydrogen (secondary N) is 1. The van der Waals surface area contributed by atoms with Gasteiger partial charge in [0.1, 0.15) is 6.26 Å². The molecule has 28 heavy (non-hydrogen) atoms. The van der Waals surface area contributed by atoms with Crippen LogP contribution in [0.2, 0.25) is 0 Å². The zero-order valence-electron chi connectivity index (χ0n) is 15.0. The van der Waals surface area contributed by atoms with E-state index in [1.165, 1.54) is 16.8 Å². The van der Waals surface area contributed by atoms with Crippen LogP contribution in [0.1, 0.15) is 31.1 Å². The van der Waals surface area contributed by atoms with Gasteiger partial charge in [-0.2, -0.15) is 0 Å². The second kappa shape index (κ2) is 7.67. The van der Waals surface area contributed by atoms with Gasteiger partial charge >= 0.3 is 5.69 Å². The number of furan rings is 1. The highest BCUT2D eigenvalue weighted by Gasteiger charge is 2.27. The van der Waals surface area contributed by atoms with Crippen LogP contribution < -0.4 is 11.2 Å². The van der Waals surface area contributed by atoms with Gasteiger partial charge in [0.25, 0.3) is 11.4 Å².